The van der Waals surface area contributed by atoms with Crippen molar-refractivity contribution in [1.29, 1.82) is 0 Å². The summed E-state index contributed by atoms with van der Waals surface area (Å²) in [6.07, 6.45) is 2.69. The highest BCUT2D eigenvalue weighted by Crippen LogP contribution is 2.16. The van der Waals surface area contributed by atoms with Gasteiger partial charge in [0.15, 0.2) is 0 Å². The molecule has 2 aromatic carbocycles. The topological polar surface area (TPSA) is 38.3 Å². The van der Waals surface area contributed by atoms with Gasteiger partial charge in [-0.15, -0.1) is 0 Å². The zero-order valence-electron chi connectivity index (χ0n) is 11.3. The monoisotopic (exact) mass is 307 g/mol. The fraction of sp³-hybridized carbons (Fsp3) is 0.0625. The lowest BCUT2D eigenvalue weighted by Gasteiger charge is -2.04. The molecular weight excluding hydrogens is 295 g/mol. The number of alkyl halides is 2. The van der Waals surface area contributed by atoms with Crippen molar-refractivity contribution < 1.29 is 22.7 Å². The normalized spacial score (nSPS) is 10.9. The molecule has 2 rings (SSSR count). The SMILES string of the molecule is O=C(/C=C/c1ccc(OC(F)F)cc1)Nc1ccccc1F. The summed E-state index contributed by atoms with van der Waals surface area (Å²) >= 11 is 0. The number of carbonyl (C=O) groups excluding carboxylic acids is 1. The lowest BCUT2D eigenvalue weighted by Crippen LogP contribution is -2.08. The van der Waals surface area contributed by atoms with Crippen molar-refractivity contribution in [3.05, 3.63) is 66.0 Å². The molecular formula is C16H12F3NO2. The van der Waals surface area contributed by atoms with E-state index in [0.717, 1.165) is 0 Å². The van der Waals surface area contributed by atoms with Gasteiger partial charge in [0.2, 0.25) is 5.91 Å². The minimum Gasteiger partial charge on any atom is -0.435 e. The third-order valence-electron chi connectivity index (χ3n) is 2.66. The van der Waals surface area contributed by atoms with E-state index < -0.39 is 18.3 Å². The summed E-state index contributed by atoms with van der Waals surface area (Å²) in [6.45, 7) is -2.88. The fourth-order valence-electron chi connectivity index (χ4n) is 1.67. The van der Waals surface area contributed by atoms with Gasteiger partial charge in [-0.3, -0.25) is 4.79 Å². The maximum atomic E-state index is 13.3. The fourth-order valence-corrected chi connectivity index (χ4v) is 1.67. The molecule has 0 spiro atoms. The predicted octanol–water partition coefficient (Wildman–Crippen LogP) is 4.08. The van der Waals surface area contributed by atoms with Crippen LogP contribution in [0.5, 0.6) is 5.75 Å². The van der Waals surface area contributed by atoms with Crippen LogP contribution in [0.15, 0.2) is 54.6 Å². The van der Waals surface area contributed by atoms with E-state index in [1.807, 2.05) is 0 Å². The Bertz CT molecular complexity index is 669. The molecule has 2 aromatic rings. The van der Waals surface area contributed by atoms with Crippen LogP contribution in [0.2, 0.25) is 0 Å². The Kier molecular flexibility index (Phi) is 5.19. The maximum Gasteiger partial charge on any atom is 0.387 e. The Morgan fingerprint density at radius 3 is 2.41 bits per heavy atom. The lowest BCUT2D eigenvalue weighted by molar-refractivity contribution is -0.111. The number of rotatable bonds is 5. The first kappa shape index (κ1) is 15.6. The molecule has 0 saturated heterocycles. The molecule has 1 N–H and O–H groups in total. The van der Waals surface area contributed by atoms with Crippen LogP contribution in [0, 0.1) is 5.82 Å². The maximum absolute atomic E-state index is 13.3. The summed E-state index contributed by atoms with van der Waals surface area (Å²) in [5, 5.41) is 2.39. The molecule has 0 fully saturated rings. The van der Waals surface area contributed by atoms with E-state index in [-0.39, 0.29) is 11.4 Å². The van der Waals surface area contributed by atoms with Crippen molar-refractivity contribution in [1.82, 2.24) is 0 Å². The van der Waals surface area contributed by atoms with Crippen LogP contribution in [0.25, 0.3) is 6.08 Å². The van der Waals surface area contributed by atoms with Gasteiger partial charge in [0, 0.05) is 6.08 Å². The molecule has 0 atom stereocenters. The van der Waals surface area contributed by atoms with Crippen LogP contribution in [-0.4, -0.2) is 12.5 Å². The van der Waals surface area contributed by atoms with Gasteiger partial charge in [0.1, 0.15) is 11.6 Å². The molecule has 0 aromatic heterocycles. The third kappa shape index (κ3) is 4.66. The van der Waals surface area contributed by atoms with Crippen molar-refractivity contribution in [2.45, 2.75) is 6.61 Å². The summed E-state index contributed by atoms with van der Waals surface area (Å²) < 4.78 is 41.5. The summed E-state index contributed by atoms with van der Waals surface area (Å²) in [7, 11) is 0. The first-order chi connectivity index (χ1) is 10.5. The van der Waals surface area contributed by atoms with Gasteiger partial charge in [-0.1, -0.05) is 24.3 Å². The Hall–Kier alpha value is -2.76. The van der Waals surface area contributed by atoms with Crippen LogP contribution in [0.1, 0.15) is 5.56 Å². The number of para-hydroxylation sites is 1. The van der Waals surface area contributed by atoms with Gasteiger partial charge in [0.25, 0.3) is 0 Å². The molecule has 114 valence electrons. The Morgan fingerprint density at radius 2 is 1.77 bits per heavy atom. The quantitative estimate of drug-likeness (QED) is 0.845. The average molecular weight is 307 g/mol. The zero-order chi connectivity index (χ0) is 15.9. The minimum atomic E-state index is -2.88. The number of nitrogens with one attached hydrogen (secondary N) is 1. The molecule has 0 aliphatic carbocycles. The molecule has 0 saturated carbocycles. The van der Waals surface area contributed by atoms with Gasteiger partial charge < -0.3 is 10.1 Å². The average Bonchev–Trinajstić information content (AvgIpc) is 2.48. The number of amides is 1. The number of hydrogen-bond acceptors (Lipinski definition) is 2. The van der Waals surface area contributed by atoms with Crippen LogP contribution in [0.3, 0.4) is 0 Å². The molecule has 1 amide bonds. The van der Waals surface area contributed by atoms with Gasteiger partial charge in [-0.25, -0.2) is 4.39 Å². The molecule has 6 heteroatoms. The van der Waals surface area contributed by atoms with Crippen molar-refractivity contribution in [2.24, 2.45) is 0 Å². The van der Waals surface area contributed by atoms with Gasteiger partial charge in [-0.2, -0.15) is 8.78 Å². The van der Waals surface area contributed by atoms with Crippen molar-refractivity contribution in [3.63, 3.8) is 0 Å². The second kappa shape index (κ2) is 7.31. The van der Waals surface area contributed by atoms with Crippen LogP contribution in [0.4, 0.5) is 18.9 Å². The molecule has 0 radical (unpaired) electrons. The molecule has 0 unspecified atom stereocenters. The molecule has 0 aliphatic rings. The smallest absolute Gasteiger partial charge is 0.387 e. The summed E-state index contributed by atoms with van der Waals surface area (Å²) in [4.78, 5) is 11.7. The van der Waals surface area contributed by atoms with E-state index in [9.17, 15) is 18.0 Å². The number of carbonyl (C=O) groups is 1. The molecule has 0 bridgehead atoms. The molecule has 0 aliphatic heterocycles. The second-order valence-corrected chi connectivity index (χ2v) is 4.25. The lowest BCUT2D eigenvalue weighted by atomic mass is 10.2. The van der Waals surface area contributed by atoms with Gasteiger partial charge in [-0.05, 0) is 35.9 Å². The van der Waals surface area contributed by atoms with Crippen LogP contribution >= 0.6 is 0 Å². The summed E-state index contributed by atoms with van der Waals surface area (Å²) in [6, 6.07) is 11.6. The number of benzene rings is 2. The third-order valence-corrected chi connectivity index (χ3v) is 2.66. The zero-order valence-corrected chi connectivity index (χ0v) is 11.3. The minimum absolute atomic E-state index is 0.0305. The van der Waals surface area contributed by atoms with Crippen molar-refractivity contribution in [2.75, 3.05) is 5.32 Å². The molecule has 22 heavy (non-hydrogen) atoms. The predicted molar refractivity (Wildman–Crippen MR) is 77.1 cm³/mol. The standard InChI is InChI=1S/C16H12F3NO2/c17-13-3-1-2-4-14(13)20-15(21)10-7-11-5-8-12(9-6-11)22-16(18)19/h1-10,16H,(H,20,21)/b10-7+. The van der Waals surface area contributed by atoms with E-state index in [1.165, 1.54) is 54.6 Å². The second-order valence-electron chi connectivity index (χ2n) is 4.25. The van der Waals surface area contributed by atoms with E-state index >= 15 is 0 Å². The van der Waals surface area contributed by atoms with E-state index in [0.29, 0.717) is 5.56 Å². The van der Waals surface area contributed by atoms with E-state index in [1.54, 1.807) is 6.07 Å². The summed E-state index contributed by atoms with van der Waals surface area (Å²) in [5.41, 5.74) is 0.697. The van der Waals surface area contributed by atoms with Crippen LogP contribution < -0.4 is 10.1 Å². The van der Waals surface area contributed by atoms with E-state index in [4.69, 9.17) is 0 Å². The van der Waals surface area contributed by atoms with Gasteiger partial charge in [0.05, 0.1) is 5.69 Å². The van der Waals surface area contributed by atoms with E-state index in [2.05, 4.69) is 10.1 Å². The van der Waals surface area contributed by atoms with Crippen LogP contribution in [-0.2, 0) is 4.79 Å². The van der Waals surface area contributed by atoms with Crippen molar-refractivity contribution in [3.8, 4) is 5.75 Å². The van der Waals surface area contributed by atoms with Gasteiger partial charge >= 0.3 is 6.61 Å². The summed E-state index contributed by atoms with van der Waals surface area (Å²) in [5.74, 6) is -1.00. The number of ether oxygens (including phenoxy) is 1. The number of anilines is 1. The first-order valence-electron chi connectivity index (χ1n) is 6.33. The first-order valence-corrected chi connectivity index (χ1v) is 6.33. The molecule has 3 nitrogen and oxygen atoms in total. The highest BCUT2D eigenvalue weighted by molar-refractivity contribution is 6.01. The highest BCUT2D eigenvalue weighted by atomic mass is 19.3. The Morgan fingerprint density at radius 1 is 1.09 bits per heavy atom. The Labute approximate surface area is 125 Å². The Balaban J connectivity index is 1.96. The highest BCUT2D eigenvalue weighted by Gasteiger charge is 2.04. The number of halogens is 3. The van der Waals surface area contributed by atoms with Crippen molar-refractivity contribution >= 4 is 17.7 Å². The molecule has 0 heterocycles. The number of hydrogen-bond donors (Lipinski definition) is 1. The largest absolute Gasteiger partial charge is 0.435 e.